The fourth-order valence-electron chi connectivity index (χ4n) is 2.00. The zero-order chi connectivity index (χ0) is 11.4. The van der Waals surface area contributed by atoms with Crippen LogP contribution in [0.1, 0.15) is 31.7 Å². The van der Waals surface area contributed by atoms with Gasteiger partial charge in [0.1, 0.15) is 5.75 Å². The highest BCUT2D eigenvalue weighted by molar-refractivity contribution is 5.72. The Morgan fingerprint density at radius 1 is 1.38 bits per heavy atom. The summed E-state index contributed by atoms with van der Waals surface area (Å²) in [5.74, 6) is 0.935. The van der Waals surface area contributed by atoms with Crippen LogP contribution in [0, 0.1) is 0 Å². The van der Waals surface area contributed by atoms with Gasteiger partial charge in [0.25, 0.3) is 0 Å². The minimum Gasteiger partial charge on any atom is -0.493 e. The molecule has 1 aliphatic carbocycles. The number of ether oxygens (including phenoxy) is 1. The third-order valence-corrected chi connectivity index (χ3v) is 2.80. The molecule has 0 aromatic heterocycles. The summed E-state index contributed by atoms with van der Waals surface area (Å²) in [6.07, 6.45) is 4.43. The van der Waals surface area contributed by atoms with Crippen LogP contribution in [-0.2, 0) is 0 Å². The number of aliphatic hydroxyl groups is 1. The Morgan fingerprint density at radius 3 is 2.88 bits per heavy atom. The Kier molecular flexibility index (Phi) is 3.62. The number of hydrogen-bond donors (Lipinski definition) is 1. The number of para-hydroxylation sites is 1. The molecule has 1 unspecified atom stereocenters. The zero-order valence-corrected chi connectivity index (χ0v) is 9.65. The summed E-state index contributed by atoms with van der Waals surface area (Å²) in [6, 6.07) is 8.06. The Labute approximate surface area is 96.6 Å². The average Bonchev–Trinajstić information content (AvgIpc) is 2.73. The lowest BCUT2D eigenvalue weighted by atomic mass is 10.0. The summed E-state index contributed by atoms with van der Waals surface area (Å²) in [5.41, 5.74) is 2.34. The first kappa shape index (κ1) is 11.2. The van der Waals surface area contributed by atoms with E-state index in [1.807, 2.05) is 24.3 Å². The van der Waals surface area contributed by atoms with Gasteiger partial charge in [0.2, 0.25) is 0 Å². The molecule has 0 amide bonds. The molecule has 0 bridgehead atoms. The average molecular weight is 218 g/mol. The topological polar surface area (TPSA) is 29.5 Å². The van der Waals surface area contributed by atoms with Crippen LogP contribution < -0.4 is 4.74 Å². The van der Waals surface area contributed by atoms with Crippen molar-refractivity contribution in [3.8, 4) is 5.75 Å². The molecule has 0 saturated heterocycles. The highest BCUT2D eigenvalue weighted by atomic mass is 16.5. The molecule has 1 atom stereocenters. The molecule has 0 aliphatic heterocycles. The van der Waals surface area contributed by atoms with Gasteiger partial charge in [-0.2, -0.15) is 0 Å². The number of allylic oxidation sites excluding steroid dienone is 1. The molecule has 2 heteroatoms. The van der Waals surface area contributed by atoms with Gasteiger partial charge in [-0.3, -0.25) is 0 Å². The van der Waals surface area contributed by atoms with Crippen molar-refractivity contribution in [2.75, 3.05) is 6.61 Å². The molecule has 0 spiro atoms. The van der Waals surface area contributed by atoms with Gasteiger partial charge in [0.15, 0.2) is 0 Å². The maximum absolute atomic E-state index is 9.51. The van der Waals surface area contributed by atoms with Gasteiger partial charge in [-0.1, -0.05) is 31.2 Å². The Bertz CT molecular complexity index is 382. The minimum atomic E-state index is -0.283. The van der Waals surface area contributed by atoms with E-state index < -0.39 is 0 Å². The molecule has 1 aromatic carbocycles. The molecule has 16 heavy (non-hydrogen) atoms. The van der Waals surface area contributed by atoms with Gasteiger partial charge in [-0.05, 0) is 30.9 Å². The van der Waals surface area contributed by atoms with Crippen molar-refractivity contribution in [2.45, 2.75) is 32.3 Å². The first-order valence-electron chi connectivity index (χ1n) is 5.92. The van der Waals surface area contributed by atoms with Crippen molar-refractivity contribution in [3.63, 3.8) is 0 Å². The van der Waals surface area contributed by atoms with E-state index in [-0.39, 0.29) is 6.10 Å². The molecule has 2 nitrogen and oxygen atoms in total. The first-order valence-corrected chi connectivity index (χ1v) is 5.92. The highest BCUT2D eigenvalue weighted by Crippen LogP contribution is 2.33. The number of benzene rings is 1. The summed E-state index contributed by atoms with van der Waals surface area (Å²) in [6.45, 7) is 2.84. The Hall–Kier alpha value is -1.28. The van der Waals surface area contributed by atoms with E-state index in [1.54, 1.807) is 0 Å². The third-order valence-electron chi connectivity index (χ3n) is 2.80. The molecule has 1 aromatic rings. The molecule has 1 aliphatic rings. The van der Waals surface area contributed by atoms with Crippen LogP contribution >= 0.6 is 0 Å². The molecule has 0 saturated carbocycles. The van der Waals surface area contributed by atoms with Crippen molar-refractivity contribution in [1.82, 2.24) is 0 Å². The molecular weight excluding hydrogens is 200 g/mol. The van der Waals surface area contributed by atoms with Crippen molar-refractivity contribution < 1.29 is 9.84 Å². The second kappa shape index (κ2) is 5.17. The summed E-state index contributed by atoms with van der Waals surface area (Å²) >= 11 is 0. The maximum atomic E-state index is 9.51. The van der Waals surface area contributed by atoms with Gasteiger partial charge >= 0.3 is 0 Å². The second-order valence-electron chi connectivity index (χ2n) is 4.14. The van der Waals surface area contributed by atoms with E-state index >= 15 is 0 Å². The van der Waals surface area contributed by atoms with E-state index in [0.717, 1.165) is 37.2 Å². The van der Waals surface area contributed by atoms with Crippen molar-refractivity contribution in [2.24, 2.45) is 0 Å². The van der Waals surface area contributed by atoms with Crippen LogP contribution in [0.5, 0.6) is 5.75 Å². The number of rotatable bonds is 4. The molecule has 0 heterocycles. The van der Waals surface area contributed by atoms with Crippen LogP contribution in [-0.4, -0.2) is 17.8 Å². The van der Waals surface area contributed by atoms with E-state index in [0.29, 0.717) is 0 Å². The third kappa shape index (κ3) is 2.45. The lowest BCUT2D eigenvalue weighted by Crippen LogP contribution is -1.98. The van der Waals surface area contributed by atoms with Crippen molar-refractivity contribution >= 4 is 5.57 Å². The normalized spacial score (nSPS) is 19.6. The van der Waals surface area contributed by atoms with Crippen LogP contribution in [0.25, 0.3) is 5.57 Å². The van der Waals surface area contributed by atoms with Crippen molar-refractivity contribution in [3.05, 3.63) is 35.9 Å². The van der Waals surface area contributed by atoms with Gasteiger partial charge in [-0.25, -0.2) is 0 Å². The van der Waals surface area contributed by atoms with E-state index in [2.05, 4.69) is 13.0 Å². The van der Waals surface area contributed by atoms with E-state index in [4.69, 9.17) is 4.74 Å². The maximum Gasteiger partial charge on any atom is 0.126 e. The fourth-order valence-corrected chi connectivity index (χ4v) is 2.00. The number of hydrogen-bond acceptors (Lipinski definition) is 2. The lowest BCUT2D eigenvalue weighted by molar-refractivity contribution is 0.223. The summed E-state index contributed by atoms with van der Waals surface area (Å²) in [4.78, 5) is 0. The van der Waals surface area contributed by atoms with Crippen molar-refractivity contribution in [1.29, 1.82) is 0 Å². The fraction of sp³-hybridized carbons (Fsp3) is 0.429. The molecular formula is C14H18O2. The standard InChI is InChI=1S/C14H18O2/c1-2-9-16-14-6-4-3-5-13(14)11-7-8-12(15)10-11/h3-6,10,12,15H,2,7-9H2,1H3. The largest absolute Gasteiger partial charge is 0.493 e. The smallest absolute Gasteiger partial charge is 0.126 e. The first-order chi connectivity index (χ1) is 7.81. The summed E-state index contributed by atoms with van der Waals surface area (Å²) in [7, 11) is 0. The van der Waals surface area contributed by atoms with E-state index in [1.165, 1.54) is 5.57 Å². The predicted molar refractivity (Wildman–Crippen MR) is 65.4 cm³/mol. The SMILES string of the molecule is CCCOc1ccccc1C1=CC(O)CC1. The highest BCUT2D eigenvalue weighted by Gasteiger charge is 2.16. The second-order valence-corrected chi connectivity index (χ2v) is 4.14. The van der Waals surface area contributed by atoms with Crippen LogP contribution in [0.2, 0.25) is 0 Å². The molecule has 1 N–H and O–H groups in total. The van der Waals surface area contributed by atoms with Gasteiger partial charge in [0, 0.05) is 5.56 Å². The predicted octanol–water partition coefficient (Wildman–Crippen LogP) is 3.01. The molecule has 86 valence electrons. The summed E-state index contributed by atoms with van der Waals surface area (Å²) < 4.78 is 5.71. The lowest BCUT2D eigenvalue weighted by Gasteiger charge is -2.11. The van der Waals surface area contributed by atoms with Gasteiger partial charge in [0.05, 0.1) is 12.7 Å². The van der Waals surface area contributed by atoms with Crippen LogP contribution in [0.4, 0.5) is 0 Å². The number of aliphatic hydroxyl groups excluding tert-OH is 1. The monoisotopic (exact) mass is 218 g/mol. The Morgan fingerprint density at radius 2 is 2.19 bits per heavy atom. The van der Waals surface area contributed by atoms with Crippen LogP contribution in [0.15, 0.2) is 30.3 Å². The van der Waals surface area contributed by atoms with Crippen LogP contribution in [0.3, 0.4) is 0 Å². The van der Waals surface area contributed by atoms with Gasteiger partial charge < -0.3 is 9.84 Å². The summed E-state index contributed by atoms with van der Waals surface area (Å²) in [5, 5.41) is 9.51. The minimum absolute atomic E-state index is 0.283. The zero-order valence-electron chi connectivity index (χ0n) is 9.65. The Balaban J connectivity index is 2.22. The van der Waals surface area contributed by atoms with E-state index in [9.17, 15) is 5.11 Å². The molecule has 0 fully saturated rings. The van der Waals surface area contributed by atoms with Gasteiger partial charge in [-0.15, -0.1) is 0 Å². The molecule has 0 radical (unpaired) electrons. The molecule has 2 rings (SSSR count). The quantitative estimate of drug-likeness (QED) is 0.841.